The lowest BCUT2D eigenvalue weighted by Crippen LogP contribution is -2.38. The molecule has 0 saturated heterocycles. The second kappa shape index (κ2) is 7.21. The minimum absolute atomic E-state index is 0.116. The largest absolute Gasteiger partial charge is 0.373 e. The standard InChI is InChI=1S/C19H14ClF2N3O3/c20-13-6-10(2-4-14(13)22)23-19(27)25-16-8-28-7-15-17(16)11-3-1-9(21)5-12(11)18(26)24-15/h1-6,16H,7-8H2,(H,24,26)(H2,23,25,27)/t16-/m0/s1. The Morgan fingerprint density at radius 3 is 2.79 bits per heavy atom. The summed E-state index contributed by atoms with van der Waals surface area (Å²) in [5.74, 6) is -1.12. The van der Waals surface area contributed by atoms with Crippen LogP contribution in [0.3, 0.4) is 0 Å². The Bertz CT molecular complexity index is 1150. The van der Waals surface area contributed by atoms with Gasteiger partial charge in [0.1, 0.15) is 11.6 Å². The molecular formula is C19H14ClF2N3O3. The minimum Gasteiger partial charge on any atom is -0.373 e. The summed E-state index contributed by atoms with van der Waals surface area (Å²) in [5.41, 5.74) is 1.07. The molecule has 0 aliphatic carbocycles. The van der Waals surface area contributed by atoms with Crippen LogP contribution >= 0.6 is 11.6 Å². The molecule has 1 aliphatic rings. The van der Waals surface area contributed by atoms with Gasteiger partial charge in [-0.1, -0.05) is 17.7 Å². The number of H-pyrrole nitrogens is 1. The van der Waals surface area contributed by atoms with E-state index >= 15 is 0 Å². The van der Waals surface area contributed by atoms with Crippen molar-refractivity contribution in [2.24, 2.45) is 0 Å². The number of hydrogen-bond acceptors (Lipinski definition) is 3. The number of aromatic amines is 1. The number of urea groups is 1. The number of nitrogens with one attached hydrogen (secondary N) is 3. The third kappa shape index (κ3) is 3.44. The van der Waals surface area contributed by atoms with Crippen molar-refractivity contribution < 1.29 is 18.3 Å². The summed E-state index contributed by atoms with van der Waals surface area (Å²) in [6, 6.07) is 6.59. The SMILES string of the molecule is O=C(Nc1ccc(F)c(Cl)c1)N[C@H]1COCc2[nH]c(=O)c3cc(F)ccc3c21. The van der Waals surface area contributed by atoms with E-state index in [-0.39, 0.29) is 23.6 Å². The summed E-state index contributed by atoms with van der Waals surface area (Å²) in [5, 5.41) is 5.94. The van der Waals surface area contributed by atoms with E-state index in [1.54, 1.807) is 0 Å². The highest BCUT2D eigenvalue weighted by molar-refractivity contribution is 6.31. The van der Waals surface area contributed by atoms with Crippen molar-refractivity contribution in [3.63, 3.8) is 0 Å². The lowest BCUT2D eigenvalue weighted by atomic mass is 9.96. The zero-order valence-electron chi connectivity index (χ0n) is 14.3. The molecule has 6 nitrogen and oxygen atoms in total. The van der Waals surface area contributed by atoms with Crippen molar-refractivity contribution in [2.75, 3.05) is 11.9 Å². The molecular weight excluding hydrogens is 392 g/mol. The molecule has 0 radical (unpaired) electrons. The predicted molar refractivity (Wildman–Crippen MR) is 100 cm³/mol. The van der Waals surface area contributed by atoms with E-state index < -0.39 is 29.3 Å². The van der Waals surface area contributed by atoms with Crippen molar-refractivity contribution in [2.45, 2.75) is 12.6 Å². The molecule has 28 heavy (non-hydrogen) atoms. The summed E-state index contributed by atoms with van der Waals surface area (Å²) >= 11 is 5.72. The Kier molecular flexibility index (Phi) is 4.74. The van der Waals surface area contributed by atoms with Gasteiger partial charge in [-0.15, -0.1) is 0 Å². The molecule has 144 valence electrons. The molecule has 0 bridgehead atoms. The Hall–Kier alpha value is -2.97. The number of hydrogen-bond donors (Lipinski definition) is 3. The third-order valence-electron chi connectivity index (χ3n) is 4.47. The summed E-state index contributed by atoms with van der Waals surface area (Å²) in [4.78, 5) is 27.3. The number of anilines is 1. The number of benzene rings is 2. The maximum absolute atomic E-state index is 13.6. The van der Waals surface area contributed by atoms with Crippen LogP contribution in [0.1, 0.15) is 17.3 Å². The second-order valence-electron chi connectivity index (χ2n) is 6.33. The quantitative estimate of drug-likeness (QED) is 0.605. The second-order valence-corrected chi connectivity index (χ2v) is 6.74. The highest BCUT2D eigenvalue weighted by atomic mass is 35.5. The first kappa shape index (κ1) is 18.4. The van der Waals surface area contributed by atoms with Gasteiger partial charge in [-0.2, -0.15) is 0 Å². The topological polar surface area (TPSA) is 83.2 Å². The molecule has 1 aliphatic heterocycles. The van der Waals surface area contributed by atoms with E-state index in [2.05, 4.69) is 15.6 Å². The molecule has 2 heterocycles. The molecule has 2 aromatic carbocycles. The fourth-order valence-electron chi connectivity index (χ4n) is 3.26. The van der Waals surface area contributed by atoms with E-state index in [0.29, 0.717) is 22.3 Å². The van der Waals surface area contributed by atoms with E-state index in [1.165, 1.54) is 24.3 Å². The maximum atomic E-state index is 13.6. The molecule has 0 fully saturated rings. The lowest BCUT2D eigenvalue weighted by molar-refractivity contribution is 0.0826. The van der Waals surface area contributed by atoms with Crippen LogP contribution in [0.4, 0.5) is 19.3 Å². The molecule has 0 spiro atoms. The van der Waals surface area contributed by atoms with Gasteiger partial charge in [-0.25, -0.2) is 13.6 Å². The van der Waals surface area contributed by atoms with Crippen LogP contribution in [0.2, 0.25) is 5.02 Å². The van der Waals surface area contributed by atoms with E-state index in [4.69, 9.17) is 16.3 Å². The smallest absolute Gasteiger partial charge is 0.319 e. The van der Waals surface area contributed by atoms with Gasteiger partial charge in [0.15, 0.2) is 0 Å². The highest BCUT2D eigenvalue weighted by Gasteiger charge is 2.26. The van der Waals surface area contributed by atoms with Crippen molar-refractivity contribution in [1.29, 1.82) is 0 Å². The molecule has 3 aromatic rings. The van der Waals surface area contributed by atoms with Gasteiger partial charge < -0.3 is 20.4 Å². The average Bonchev–Trinajstić information content (AvgIpc) is 2.65. The monoisotopic (exact) mass is 405 g/mol. The first-order valence-corrected chi connectivity index (χ1v) is 8.75. The highest BCUT2D eigenvalue weighted by Crippen LogP contribution is 2.30. The zero-order valence-corrected chi connectivity index (χ0v) is 15.1. The number of pyridine rings is 1. The molecule has 3 N–H and O–H groups in total. The molecule has 1 aromatic heterocycles. The predicted octanol–water partition coefficient (Wildman–Crippen LogP) is 3.85. The van der Waals surface area contributed by atoms with Crippen LogP contribution in [0, 0.1) is 11.6 Å². The van der Waals surface area contributed by atoms with Crippen molar-refractivity contribution in [3.8, 4) is 0 Å². The first-order chi connectivity index (χ1) is 13.4. The van der Waals surface area contributed by atoms with Gasteiger partial charge in [-0.05, 0) is 35.7 Å². The van der Waals surface area contributed by atoms with Crippen LogP contribution in [0.5, 0.6) is 0 Å². The molecule has 0 unspecified atom stereocenters. The normalized spacial score (nSPS) is 15.9. The number of halogens is 3. The van der Waals surface area contributed by atoms with Crippen molar-refractivity contribution in [3.05, 3.63) is 74.7 Å². The van der Waals surface area contributed by atoms with Gasteiger partial charge in [0.05, 0.1) is 29.7 Å². The Morgan fingerprint density at radius 1 is 1.18 bits per heavy atom. The van der Waals surface area contributed by atoms with Crippen LogP contribution < -0.4 is 16.2 Å². The number of amides is 2. The Labute approximate surface area is 162 Å². The fraction of sp³-hybridized carbons (Fsp3) is 0.158. The number of fused-ring (bicyclic) bond motifs is 3. The van der Waals surface area contributed by atoms with Gasteiger partial charge in [-0.3, -0.25) is 4.79 Å². The van der Waals surface area contributed by atoms with Crippen LogP contribution in [0.15, 0.2) is 41.2 Å². The number of carbonyl (C=O) groups excluding carboxylic acids is 1. The van der Waals surface area contributed by atoms with Crippen LogP contribution in [-0.4, -0.2) is 17.6 Å². The van der Waals surface area contributed by atoms with Crippen molar-refractivity contribution >= 4 is 34.1 Å². The summed E-state index contributed by atoms with van der Waals surface area (Å²) in [6.07, 6.45) is 0. The van der Waals surface area contributed by atoms with E-state index in [1.807, 2.05) is 0 Å². The maximum Gasteiger partial charge on any atom is 0.319 e. The van der Waals surface area contributed by atoms with E-state index in [0.717, 1.165) is 12.1 Å². The first-order valence-electron chi connectivity index (χ1n) is 8.37. The average molecular weight is 406 g/mol. The molecule has 1 atom stereocenters. The Balaban J connectivity index is 1.65. The fourth-order valence-corrected chi connectivity index (χ4v) is 3.44. The van der Waals surface area contributed by atoms with Crippen LogP contribution in [-0.2, 0) is 11.3 Å². The summed E-state index contributed by atoms with van der Waals surface area (Å²) in [7, 11) is 0. The molecule has 2 amide bonds. The number of rotatable bonds is 2. The summed E-state index contributed by atoms with van der Waals surface area (Å²) < 4.78 is 32.3. The van der Waals surface area contributed by atoms with Gasteiger partial charge in [0, 0.05) is 16.9 Å². The number of carbonyl (C=O) groups is 1. The molecule has 4 rings (SSSR count). The molecule has 0 saturated carbocycles. The van der Waals surface area contributed by atoms with Gasteiger partial charge in [0.25, 0.3) is 5.56 Å². The van der Waals surface area contributed by atoms with Crippen molar-refractivity contribution in [1.82, 2.24) is 10.3 Å². The zero-order chi connectivity index (χ0) is 19.8. The van der Waals surface area contributed by atoms with E-state index in [9.17, 15) is 18.4 Å². The van der Waals surface area contributed by atoms with Gasteiger partial charge in [0.2, 0.25) is 0 Å². The summed E-state index contributed by atoms with van der Waals surface area (Å²) in [6.45, 7) is 0.342. The Morgan fingerprint density at radius 2 is 2.00 bits per heavy atom. The molecule has 9 heteroatoms. The number of aromatic nitrogens is 1. The number of ether oxygens (including phenoxy) is 1. The van der Waals surface area contributed by atoms with Crippen LogP contribution in [0.25, 0.3) is 10.8 Å². The minimum atomic E-state index is -0.593. The van der Waals surface area contributed by atoms with Gasteiger partial charge >= 0.3 is 6.03 Å². The third-order valence-corrected chi connectivity index (χ3v) is 4.76. The lowest BCUT2D eigenvalue weighted by Gasteiger charge is -2.27.